The van der Waals surface area contributed by atoms with Gasteiger partial charge in [0.1, 0.15) is 0 Å². The summed E-state index contributed by atoms with van der Waals surface area (Å²) in [6.07, 6.45) is 5.28. The van der Waals surface area contributed by atoms with Gasteiger partial charge in [0.05, 0.1) is 28.2 Å². The van der Waals surface area contributed by atoms with Gasteiger partial charge in [0.2, 0.25) is 0 Å². The zero-order valence-corrected chi connectivity index (χ0v) is 22.8. The van der Waals surface area contributed by atoms with Crippen LogP contribution >= 0.6 is 23.2 Å². The van der Waals surface area contributed by atoms with Crippen LogP contribution in [0.1, 0.15) is 0 Å². The van der Waals surface area contributed by atoms with Gasteiger partial charge in [-0.25, -0.2) is 0 Å². The molecule has 6 rings (SSSR count). The third-order valence-corrected chi connectivity index (χ3v) is 6.25. The van der Waals surface area contributed by atoms with E-state index < -0.39 is 0 Å². The Labute approximate surface area is 237 Å². The van der Waals surface area contributed by atoms with Crippen LogP contribution in [0.5, 0.6) is 0 Å². The second-order valence-corrected chi connectivity index (χ2v) is 9.11. The summed E-state index contributed by atoms with van der Waals surface area (Å²) in [7, 11) is 0. The monoisotopic (exact) mass is 557 g/mol. The molecule has 3 heterocycles. The van der Waals surface area contributed by atoms with E-state index in [1.54, 1.807) is 24.7 Å². The first-order chi connectivity index (χ1) is 19.2. The second kappa shape index (κ2) is 14.8. The molecule has 6 nitrogen and oxygen atoms in total. The Bertz CT molecular complexity index is 1530. The minimum absolute atomic E-state index is 0.136. The molecular formula is C31H29Cl2N5O. The van der Waals surface area contributed by atoms with Gasteiger partial charge in [0.25, 0.3) is 0 Å². The minimum Gasteiger partial charge on any atom is -0.395 e. The molecule has 0 spiro atoms. The van der Waals surface area contributed by atoms with Crippen LogP contribution in [-0.4, -0.2) is 45.6 Å². The van der Waals surface area contributed by atoms with Crippen LogP contribution in [0, 0.1) is 0 Å². The Morgan fingerprint density at radius 3 is 1.49 bits per heavy atom. The van der Waals surface area contributed by atoms with E-state index in [2.05, 4.69) is 31.7 Å². The number of benzene rings is 3. The van der Waals surface area contributed by atoms with Crippen LogP contribution < -0.4 is 10.6 Å². The van der Waals surface area contributed by atoms with Gasteiger partial charge in [-0.05, 0) is 36.4 Å². The molecule has 0 fully saturated rings. The molecule has 0 atom stereocenters. The molecule has 39 heavy (non-hydrogen) atoms. The summed E-state index contributed by atoms with van der Waals surface area (Å²) < 4.78 is 0. The highest BCUT2D eigenvalue weighted by molar-refractivity contribution is 6.35. The fraction of sp³-hybridized carbons (Fsp3) is 0.129. The molecule has 0 unspecified atom stereocenters. The number of aliphatic hydroxyl groups is 1. The fourth-order valence-corrected chi connectivity index (χ4v) is 4.24. The van der Waals surface area contributed by atoms with Crippen molar-refractivity contribution in [3.8, 4) is 0 Å². The summed E-state index contributed by atoms with van der Waals surface area (Å²) in [6.45, 7) is 1.47. The molecule has 0 saturated carbocycles. The number of nitrogens with one attached hydrogen (secondary N) is 2. The van der Waals surface area contributed by atoms with E-state index in [1.165, 1.54) is 0 Å². The topological polar surface area (TPSA) is 83.0 Å². The van der Waals surface area contributed by atoms with E-state index in [0.29, 0.717) is 12.4 Å². The summed E-state index contributed by atoms with van der Waals surface area (Å²) in [4.78, 5) is 12.7. The van der Waals surface area contributed by atoms with Crippen molar-refractivity contribution in [3.05, 3.63) is 115 Å². The lowest BCUT2D eigenvalue weighted by molar-refractivity contribution is 0.311. The van der Waals surface area contributed by atoms with E-state index in [4.69, 9.17) is 28.3 Å². The molecule has 3 aromatic carbocycles. The van der Waals surface area contributed by atoms with Gasteiger partial charge in [-0.2, -0.15) is 0 Å². The quantitative estimate of drug-likeness (QED) is 0.185. The molecule has 0 aliphatic heterocycles. The normalized spacial score (nSPS) is 10.3. The molecule has 0 bridgehead atoms. The lowest BCUT2D eigenvalue weighted by atomic mass is 10.2. The van der Waals surface area contributed by atoms with Gasteiger partial charge in [-0.3, -0.25) is 15.0 Å². The smallest absolute Gasteiger partial charge is 0.0722 e. The largest absolute Gasteiger partial charge is 0.395 e. The number of hydrogen-bond donors (Lipinski definition) is 3. The van der Waals surface area contributed by atoms with E-state index in [1.807, 2.05) is 78.9 Å². The van der Waals surface area contributed by atoms with Crippen molar-refractivity contribution in [2.45, 2.75) is 0 Å². The van der Waals surface area contributed by atoms with Crippen molar-refractivity contribution in [3.63, 3.8) is 0 Å². The molecular weight excluding hydrogens is 529 g/mol. The number of alkyl halides is 1. The number of hydrogen-bond acceptors (Lipinski definition) is 6. The summed E-state index contributed by atoms with van der Waals surface area (Å²) in [5, 5.41) is 19.1. The van der Waals surface area contributed by atoms with Gasteiger partial charge in [-0.15, -0.1) is 11.6 Å². The molecule has 3 N–H and O–H groups in total. The van der Waals surface area contributed by atoms with Crippen LogP contribution in [0.25, 0.3) is 32.7 Å². The average Bonchev–Trinajstić information content (AvgIpc) is 3.00. The minimum atomic E-state index is 0.136. The van der Waals surface area contributed by atoms with Gasteiger partial charge >= 0.3 is 0 Å². The number of halogens is 2. The second-order valence-electron chi connectivity index (χ2n) is 8.33. The molecule has 198 valence electrons. The SMILES string of the molecule is ClCCNc1ccnc2ccccc12.Clc1ccnc2ccccc12.OCCNc1ccnc2ccccc12. The number of pyridine rings is 3. The Hall–Kier alpha value is -3.97. The molecule has 3 aromatic heterocycles. The number of aliphatic hydroxyl groups excluding tert-OH is 1. The number of aromatic nitrogens is 3. The maximum atomic E-state index is 8.72. The van der Waals surface area contributed by atoms with Crippen molar-refractivity contribution in [2.24, 2.45) is 0 Å². The van der Waals surface area contributed by atoms with Gasteiger partial charge in [-0.1, -0.05) is 66.2 Å². The number of nitrogens with zero attached hydrogens (tertiary/aromatic N) is 3. The lowest BCUT2D eigenvalue weighted by Crippen LogP contribution is -2.05. The van der Waals surface area contributed by atoms with Crippen molar-refractivity contribution < 1.29 is 5.11 Å². The first-order valence-electron chi connectivity index (χ1n) is 12.5. The lowest BCUT2D eigenvalue weighted by Gasteiger charge is -2.07. The predicted molar refractivity (Wildman–Crippen MR) is 165 cm³/mol. The summed E-state index contributed by atoms with van der Waals surface area (Å²) in [5.41, 5.74) is 5.03. The van der Waals surface area contributed by atoms with E-state index in [0.717, 1.165) is 55.7 Å². The van der Waals surface area contributed by atoms with Gasteiger partial charge < -0.3 is 15.7 Å². The Morgan fingerprint density at radius 1 is 0.564 bits per heavy atom. The highest BCUT2D eigenvalue weighted by atomic mass is 35.5. The highest BCUT2D eigenvalue weighted by Gasteiger charge is 2.00. The summed E-state index contributed by atoms with van der Waals surface area (Å²) in [5.74, 6) is 0.608. The molecule has 0 saturated heterocycles. The van der Waals surface area contributed by atoms with Gasteiger partial charge in [0, 0.05) is 65.1 Å². The maximum absolute atomic E-state index is 8.72. The number of rotatable bonds is 6. The van der Waals surface area contributed by atoms with Crippen molar-refractivity contribution in [2.75, 3.05) is 36.2 Å². The fourth-order valence-electron chi connectivity index (χ4n) is 3.93. The van der Waals surface area contributed by atoms with Crippen LogP contribution in [0.15, 0.2) is 110 Å². The van der Waals surface area contributed by atoms with Crippen molar-refractivity contribution in [1.82, 2.24) is 15.0 Å². The average molecular weight is 559 g/mol. The number of anilines is 2. The van der Waals surface area contributed by atoms with E-state index in [-0.39, 0.29) is 6.61 Å². The molecule has 0 amide bonds. The Morgan fingerprint density at radius 2 is 1.00 bits per heavy atom. The van der Waals surface area contributed by atoms with Crippen LogP contribution in [0.3, 0.4) is 0 Å². The summed E-state index contributed by atoms with van der Waals surface area (Å²) >= 11 is 11.5. The van der Waals surface area contributed by atoms with Crippen LogP contribution in [-0.2, 0) is 0 Å². The van der Waals surface area contributed by atoms with Gasteiger partial charge in [0.15, 0.2) is 0 Å². The van der Waals surface area contributed by atoms with Crippen molar-refractivity contribution in [1.29, 1.82) is 0 Å². The standard InChI is InChI=1S/C11H11ClN2.C11H12N2O.C9H6ClN/c12-6-8-14-11-5-7-13-10-4-2-1-3-9(10)11;14-8-7-13-11-5-6-12-10-4-2-1-3-9(10)11;10-8-5-6-11-9-4-2-1-3-7(8)9/h1-5,7H,6,8H2,(H,13,14);1-6,14H,7-8H2,(H,12,13);1-6H. The molecule has 8 heteroatoms. The van der Waals surface area contributed by atoms with Crippen LogP contribution in [0.4, 0.5) is 11.4 Å². The third kappa shape index (κ3) is 7.77. The van der Waals surface area contributed by atoms with Crippen molar-refractivity contribution >= 4 is 67.3 Å². The zero-order chi connectivity index (χ0) is 27.3. The molecule has 6 aromatic rings. The number of fused-ring (bicyclic) bond motifs is 3. The molecule has 0 radical (unpaired) electrons. The first kappa shape index (κ1) is 28.0. The Kier molecular flexibility index (Phi) is 10.7. The Balaban J connectivity index is 0.000000137. The zero-order valence-electron chi connectivity index (χ0n) is 21.3. The third-order valence-electron chi connectivity index (χ3n) is 5.73. The van der Waals surface area contributed by atoms with E-state index >= 15 is 0 Å². The highest BCUT2D eigenvalue weighted by Crippen LogP contribution is 2.22. The summed E-state index contributed by atoms with van der Waals surface area (Å²) in [6, 6.07) is 29.5. The molecule has 0 aliphatic rings. The first-order valence-corrected chi connectivity index (χ1v) is 13.4. The maximum Gasteiger partial charge on any atom is 0.0722 e. The predicted octanol–water partition coefficient (Wildman–Crippen LogP) is 7.41. The van der Waals surface area contributed by atoms with E-state index in [9.17, 15) is 0 Å². The number of para-hydroxylation sites is 3. The molecule has 0 aliphatic carbocycles. The van der Waals surface area contributed by atoms with Crippen LogP contribution in [0.2, 0.25) is 5.02 Å².